The normalized spacial score (nSPS) is 15.1. The smallest absolute Gasteiger partial charge is 0.138 e. The molecule has 4 rings (SSSR count). The summed E-state index contributed by atoms with van der Waals surface area (Å²) in [4.78, 5) is 7.01. The van der Waals surface area contributed by atoms with Crippen molar-refractivity contribution in [3.05, 3.63) is 53.3 Å². The van der Waals surface area contributed by atoms with Crippen molar-refractivity contribution in [3.8, 4) is 11.1 Å². The van der Waals surface area contributed by atoms with Crippen molar-refractivity contribution in [3.63, 3.8) is 0 Å². The van der Waals surface area contributed by atoms with Crippen LogP contribution in [-0.2, 0) is 6.54 Å². The minimum absolute atomic E-state index is 0.509. The van der Waals surface area contributed by atoms with Crippen molar-refractivity contribution in [1.82, 2.24) is 14.7 Å². The summed E-state index contributed by atoms with van der Waals surface area (Å²) in [5.74, 6) is 1.16. The fraction of sp³-hybridized carbons (Fsp3) is 0.350. The van der Waals surface area contributed by atoms with E-state index in [2.05, 4.69) is 63.9 Å². The predicted octanol–water partition coefficient (Wildman–Crippen LogP) is 2.49. The van der Waals surface area contributed by atoms with E-state index in [1.165, 1.54) is 22.3 Å². The number of aryl methyl sites for hydroxylation is 2. The van der Waals surface area contributed by atoms with E-state index in [1.807, 2.05) is 6.20 Å². The van der Waals surface area contributed by atoms with Crippen LogP contribution < -0.4 is 16.0 Å². The van der Waals surface area contributed by atoms with Gasteiger partial charge in [0.25, 0.3) is 0 Å². The zero-order valence-electron chi connectivity index (χ0n) is 14.9. The fourth-order valence-electron chi connectivity index (χ4n) is 3.71. The highest BCUT2D eigenvalue weighted by atomic mass is 15.3. The molecule has 1 aliphatic heterocycles. The van der Waals surface area contributed by atoms with Crippen LogP contribution in [0.4, 0.5) is 5.82 Å². The second kappa shape index (κ2) is 6.50. The maximum absolute atomic E-state index is 6.05. The molecule has 5 nitrogen and oxygen atoms in total. The largest absolute Gasteiger partial charge is 0.354 e. The lowest BCUT2D eigenvalue weighted by Gasteiger charge is -2.28. The Balaban J connectivity index is 1.87. The van der Waals surface area contributed by atoms with E-state index in [-0.39, 0.29) is 0 Å². The van der Waals surface area contributed by atoms with Crippen LogP contribution >= 0.6 is 0 Å². The molecule has 25 heavy (non-hydrogen) atoms. The highest BCUT2D eigenvalue weighted by Crippen LogP contribution is 2.30. The fourth-order valence-corrected chi connectivity index (χ4v) is 3.71. The Morgan fingerprint density at radius 2 is 1.92 bits per heavy atom. The molecule has 0 bridgehead atoms. The van der Waals surface area contributed by atoms with Gasteiger partial charge >= 0.3 is 0 Å². The van der Waals surface area contributed by atoms with Crippen molar-refractivity contribution in [2.45, 2.75) is 20.4 Å². The van der Waals surface area contributed by atoms with Gasteiger partial charge in [0, 0.05) is 44.5 Å². The minimum Gasteiger partial charge on any atom is -0.354 e. The molecule has 0 aliphatic carbocycles. The molecular weight excluding hydrogens is 310 g/mol. The molecule has 3 N–H and O–H groups in total. The van der Waals surface area contributed by atoms with Crippen LogP contribution in [0.25, 0.3) is 16.8 Å². The predicted molar refractivity (Wildman–Crippen MR) is 103 cm³/mol. The minimum atomic E-state index is 0.509. The van der Waals surface area contributed by atoms with Gasteiger partial charge in [-0.3, -0.25) is 4.40 Å². The molecule has 0 amide bonds. The van der Waals surface area contributed by atoms with E-state index >= 15 is 0 Å². The van der Waals surface area contributed by atoms with Gasteiger partial charge in [-0.05, 0) is 36.6 Å². The Morgan fingerprint density at radius 3 is 2.64 bits per heavy atom. The molecular formula is C20H25N5. The molecule has 1 aliphatic rings. The molecule has 1 saturated heterocycles. The van der Waals surface area contributed by atoms with Crippen molar-refractivity contribution in [2.24, 2.45) is 5.73 Å². The third kappa shape index (κ3) is 2.90. The second-order valence-corrected chi connectivity index (χ2v) is 6.82. The topological polar surface area (TPSA) is 58.6 Å². The lowest BCUT2D eigenvalue weighted by molar-refractivity contribution is 0.584. The van der Waals surface area contributed by atoms with Crippen molar-refractivity contribution in [2.75, 3.05) is 31.1 Å². The van der Waals surface area contributed by atoms with Gasteiger partial charge in [0.2, 0.25) is 0 Å². The Labute approximate surface area is 148 Å². The molecule has 5 heteroatoms. The lowest BCUT2D eigenvalue weighted by atomic mass is 9.96. The molecule has 0 unspecified atom stereocenters. The van der Waals surface area contributed by atoms with Crippen LogP contribution in [0.2, 0.25) is 0 Å². The quantitative estimate of drug-likeness (QED) is 0.772. The van der Waals surface area contributed by atoms with Crippen LogP contribution in [0.5, 0.6) is 0 Å². The van der Waals surface area contributed by atoms with Gasteiger partial charge in [-0.2, -0.15) is 0 Å². The first-order valence-electron chi connectivity index (χ1n) is 8.90. The average molecular weight is 335 g/mol. The third-order valence-corrected chi connectivity index (χ3v) is 5.05. The molecule has 3 aromatic rings. The number of aromatic nitrogens is 2. The number of hydrogen-bond donors (Lipinski definition) is 2. The summed E-state index contributed by atoms with van der Waals surface area (Å²) in [5, 5.41) is 3.41. The summed E-state index contributed by atoms with van der Waals surface area (Å²) in [5.41, 5.74) is 13.1. The summed E-state index contributed by atoms with van der Waals surface area (Å²) in [6, 6.07) is 8.72. The van der Waals surface area contributed by atoms with Crippen LogP contribution in [0.1, 0.15) is 16.7 Å². The van der Waals surface area contributed by atoms with Crippen LogP contribution in [0.3, 0.4) is 0 Å². The number of imidazole rings is 1. The number of nitrogens with two attached hydrogens (primary N) is 1. The molecule has 1 aromatic carbocycles. The Hall–Kier alpha value is -2.37. The highest BCUT2D eigenvalue weighted by Gasteiger charge is 2.17. The van der Waals surface area contributed by atoms with E-state index in [0.29, 0.717) is 6.54 Å². The number of nitrogens with one attached hydrogen (secondary N) is 1. The van der Waals surface area contributed by atoms with E-state index in [9.17, 15) is 0 Å². The Kier molecular flexibility index (Phi) is 4.19. The number of rotatable bonds is 3. The maximum atomic E-state index is 6.05. The van der Waals surface area contributed by atoms with Crippen LogP contribution in [0.15, 0.2) is 36.7 Å². The summed E-state index contributed by atoms with van der Waals surface area (Å²) in [7, 11) is 0. The molecule has 2 aromatic heterocycles. The zero-order valence-corrected chi connectivity index (χ0v) is 14.9. The summed E-state index contributed by atoms with van der Waals surface area (Å²) in [6.45, 7) is 8.84. The van der Waals surface area contributed by atoms with Gasteiger partial charge in [0.05, 0.1) is 6.20 Å². The van der Waals surface area contributed by atoms with E-state index in [1.54, 1.807) is 0 Å². The molecule has 1 fully saturated rings. The van der Waals surface area contributed by atoms with Crippen molar-refractivity contribution in [1.29, 1.82) is 0 Å². The summed E-state index contributed by atoms with van der Waals surface area (Å²) < 4.78 is 2.21. The zero-order chi connectivity index (χ0) is 17.4. The molecule has 0 saturated carbocycles. The van der Waals surface area contributed by atoms with Gasteiger partial charge in [0.15, 0.2) is 0 Å². The monoisotopic (exact) mass is 335 g/mol. The number of fused-ring (bicyclic) bond motifs is 1. The van der Waals surface area contributed by atoms with Crippen molar-refractivity contribution >= 4 is 11.5 Å². The molecule has 0 radical (unpaired) electrons. The standard InChI is InChI=1S/C20H25N5/c1-14-3-4-17(15(2)9-14)18-13-25-19(10-16(18)11-21)23-12-20(25)24-7-5-22-6-8-24/h3-4,9-10,12-13,22H,5-8,11,21H2,1-2H3. The molecule has 130 valence electrons. The van der Waals surface area contributed by atoms with Gasteiger partial charge < -0.3 is 16.0 Å². The highest BCUT2D eigenvalue weighted by molar-refractivity contribution is 5.73. The molecule has 0 spiro atoms. The molecule has 0 atom stereocenters. The number of pyridine rings is 1. The third-order valence-electron chi connectivity index (χ3n) is 5.05. The van der Waals surface area contributed by atoms with Gasteiger partial charge in [0.1, 0.15) is 11.5 Å². The van der Waals surface area contributed by atoms with Gasteiger partial charge in [-0.15, -0.1) is 0 Å². The van der Waals surface area contributed by atoms with Crippen molar-refractivity contribution < 1.29 is 0 Å². The lowest BCUT2D eigenvalue weighted by Crippen LogP contribution is -2.44. The molecule has 3 heterocycles. The van der Waals surface area contributed by atoms with Crippen LogP contribution in [-0.4, -0.2) is 35.6 Å². The number of benzene rings is 1. The van der Waals surface area contributed by atoms with Gasteiger partial charge in [-0.25, -0.2) is 4.98 Å². The SMILES string of the molecule is Cc1ccc(-c2cn3c(N4CCNCC4)cnc3cc2CN)c(C)c1. The van der Waals surface area contributed by atoms with E-state index in [4.69, 9.17) is 5.73 Å². The Bertz CT molecular complexity index is 906. The van der Waals surface area contributed by atoms with E-state index in [0.717, 1.165) is 43.2 Å². The first kappa shape index (κ1) is 16.1. The first-order valence-corrected chi connectivity index (χ1v) is 8.90. The maximum Gasteiger partial charge on any atom is 0.138 e. The Morgan fingerprint density at radius 1 is 1.12 bits per heavy atom. The number of hydrogen-bond acceptors (Lipinski definition) is 4. The van der Waals surface area contributed by atoms with Crippen LogP contribution in [0, 0.1) is 13.8 Å². The summed E-state index contributed by atoms with van der Waals surface area (Å²) >= 11 is 0. The number of nitrogens with zero attached hydrogens (tertiary/aromatic N) is 3. The first-order chi connectivity index (χ1) is 12.2. The van der Waals surface area contributed by atoms with E-state index < -0.39 is 0 Å². The number of piperazine rings is 1. The second-order valence-electron chi connectivity index (χ2n) is 6.82. The number of anilines is 1. The summed E-state index contributed by atoms with van der Waals surface area (Å²) in [6.07, 6.45) is 4.19. The van der Waals surface area contributed by atoms with Gasteiger partial charge in [-0.1, -0.05) is 23.8 Å². The average Bonchev–Trinajstić information content (AvgIpc) is 3.04.